The molecule has 7 nitrogen and oxygen atoms in total. The number of morpholine rings is 1. The van der Waals surface area contributed by atoms with Gasteiger partial charge in [-0.15, -0.1) is 0 Å². The number of anilines is 1. The van der Waals surface area contributed by atoms with Crippen LogP contribution in [0.3, 0.4) is 0 Å². The molecule has 0 radical (unpaired) electrons. The van der Waals surface area contributed by atoms with Gasteiger partial charge >= 0.3 is 0 Å². The fraction of sp³-hybridized carbons (Fsp3) is 0.316. The zero-order chi connectivity index (χ0) is 21.0. The largest absolute Gasteiger partial charge is 0.484 e. The molecule has 1 saturated heterocycles. The first-order valence-electron chi connectivity index (χ1n) is 8.83. The Morgan fingerprint density at radius 3 is 2.52 bits per heavy atom. The normalized spacial score (nSPS) is 15.1. The number of ether oxygens (including phenoxy) is 2. The summed E-state index contributed by atoms with van der Waals surface area (Å²) in [6, 6.07) is 9.39. The Morgan fingerprint density at radius 1 is 1.14 bits per heavy atom. The van der Waals surface area contributed by atoms with Crippen molar-refractivity contribution >= 4 is 44.8 Å². The number of rotatable bonds is 6. The molecule has 0 saturated carbocycles. The highest BCUT2D eigenvalue weighted by molar-refractivity contribution is 7.89. The van der Waals surface area contributed by atoms with Gasteiger partial charge in [0.15, 0.2) is 6.61 Å². The van der Waals surface area contributed by atoms with Crippen LogP contribution in [-0.4, -0.2) is 51.5 Å². The van der Waals surface area contributed by atoms with Crippen molar-refractivity contribution < 1.29 is 22.7 Å². The summed E-state index contributed by atoms with van der Waals surface area (Å²) in [5.41, 5.74) is 1.14. The van der Waals surface area contributed by atoms with E-state index < -0.39 is 15.9 Å². The number of halogens is 2. The summed E-state index contributed by atoms with van der Waals surface area (Å²) >= 11 is 12.1. The Morgan fingerprint density at radius 2 is 1.83 bits per heavy atom. The van der Waals surface area contributed by atoms with E-state index in [1.54, 1.807) is 18.2 Å². The van der Waals surface area contributed by atoms with Gasteiger partial charge in [-0.3, -0.25) is 4.79 Å². The second-order valence-electron chi connectivity index (χ2n) is 6.41. The van der Waals surface area contributed by atoms with Crippen molar-refractivity contribution in [3.8, 4) is 5.75 Å². The third-order valence-electron chi connectivity index (χ3n) is 4.30. The van der Waals surface area contributed by atoms with Gasteiger partial charge in [0.2, 0.25) is 10.0 Å². The molecule has 2 aromatic carbocycles. The molecule has 1 aliphatic heterocycles. The molecule has 1 fully saturated rings. The molecule has 29 heavy (non-hydrogen) atoms. The molecule has 0 aromatic heterocycles. The van der Waals surface area contributed by atoms with Crippen molar-refractivity contribution in [3.63, 3.8) is 0 Å². The number of nitrogens with one attached hydrogen (secondary N) is 1. The van der Waals surface area contributed by atoms with Gasteiger partial charge in [0.05, 0.1) is 18.2 Å². The molecule has 1 heterocycles. The van der Waals surface area contributed by atoms with Crippen LogP contribution in [0.4, 0.5) is 5.69 Å². The van der Waals surface area contributed by atoms with Gasteiger partial charge in [-0.25, -0.2) is 8.42 Å². The molecular weight excluding hydrogens is 439 g/mol. The number of aryl methyl sites for hydroxylation is 1. The van der Waals surface area contributed by atoms with E-state index in [0.717, 1.165) is 5.56 Å². The highest BCUT2D eigenvalue weighted by atomic mass is 35.5. The number of nitrogens with zero attached hydrogens (tertiary/aromatic N) is 1. The lowest BCUT2D eigenvalue weighted by Crippen LogP contribution is -2.40. The van der Waals surface area contributed by atoms with E-state index in [1.807, 2.05) is 6.92 Å². The maximum atomic E-state index is 12.9. The quantitative estimate of drug-likeness (QED) is 0.717. The van der Waals surface area contributed by atoms with E-state index in [4.69, 9.17) is 32.7 Å². The van der Waals surface area contributed by atoms with Crippen LogP contribution in [0.25, 0.3) is 0 Å². The highest BCUT2D eigenvalue weighted by Crippen LogP contribution is 2.28. The average molecular weight is 459 g/mol. The summed E-state index contributed by atoms with van der Waals surface area (Å²) in [5, 5.41) is 3.32. The fourth-order valence-electron chi connectivity index (χ4n) is 2.76. The minimum Gasteiger partial charge on any atom is -0.484 e. The van der Waals surface area contributed by atoms with Gasteiger partial charge in [-0.05, 0) is 48.9 Å². The molecule has 1 aliphatic rings. The van der Waals surface area contributed by atoms with E-state index in [1.165, 1.54) is 22.5 Å². The van der Waals surface area contributed by atoms with E-state index in [2.05, 4.69) is 5.32 Å². The van der Waals surface area contributed by atoms with Crippen LogP contribution in [-0.2, 0) is 19.6 Å². The lowest BCUT2D eigenvalue weighted by atomic mass is 10.2. The van der Waals surface area contributed by atoms with E-state index in [-0.39, 0.29) is 29.6 Å². The highest BCUT2D eigenvalue weighted by Gasteiger charge is 2.28. The monoisotopic (exact) mass is 458 g/mol. The molecule has 2 aromatic rings. The number of hydrogen-bond acceptors (Lipinski definition) is 5. The first kappa shape index (κ1) is 21.9. The first-order chi connectivity index (χ1) is 13.8. The maximum Gasteiger partial charge on any atom is 0.262 e. The number of carbonyl (C=O) groups excluding carboxylic acids is 1. The molecule has 1 amide bonds. The van der Waals surface area contributed by atoms with Crippen molar-refractivity contribution in [2.24, 2.45) is 0 Å². The van der Waals surface area contributed by atoms with Crippen LogP contribution < -0.4 is 10.1 Å². The zero-order valence-electron chi connectivity index (χ0n) is 15.7. The second-order valence-corrected chi connectivity index (χ2v) is 9.13. The summed E-state index contributed by atoms with van der Waals surface area (Å²) in [4.78, 5) is 12.2. The van der Waals surface area contributed by atoms with Crippen molar-refractivity contribution in [1.29, 1.82) is 0 Å². The number of hydrogen-bond donors (Lipinski definition) is 1. The van der Waals surface area contributed by atoms with Crippen LogP contribution in [0, 0.1) is 6.92 Å². The SMILES string of the molecule is Cc1cc(OCC(=O)Nc2ccc(Cl)c(S(=O)(=O)N3CCOCC3)c2)ccc1Cl. The predicted octanol–water partition coefficient (Wildman–Crippen LogP) is 3.34. The minimum atomic E-state index is -3.79. The Kier molecular flexibility index (Phi) is 7.02. The first-order valence-corrected chi connectivity index (χ1v) is 11.0. The number of benzene rings is 2. The minimum absolute atomic E-state index is 0.0619. The van der Waals surface area contributed by atoms with Crippen LogP contribution in [0.15, 0.2) is 41.3 Å². The number of sulfonamides is 1. The molecule has 1 N–H and O–H groups in total. The molecule has 156 valence electrons. The lowest BCUT2D eigenvalue weighted by Gasteiger charge is -2.26. The van der Waals surface area contributed by atoms with E-state index >= 15 is 0 Å². The summed E-state index contributed by atoms with van der Waals surface area (Å²) < 4.78 is 37.7. The number of carbonyl (C=O) groups is 1. The topological polar surface area (TPSA) is 84.9 Å². The standard InChI is InChI=1S/C19H20Cl2N2O5S/c1-13-10-15(3-5-16(13)20)28-12-19(24)22-14-2-4-17(21)18(11-14)29(25,26)23-6-8-27-9-7-23/h2-5,10-11H,6-9,12H2,1H3,(H,22,24). The van der Waals surface area contributed by atoms with Crippen molar-refractivity contribution in [1.82, 2.24) is 4.31 Å². The van der Waals surface area contributed by atoms with Crippen molar-refractivity contribution in [2.75, 3.05) is 38.2 Å². The molecule has 0 atom stereocenters. The molecular formula is C19H20Cl2N2O5S. The van der Waals surface area contributed by atoms with Gasteiger partial charge in [-0.1, -0.05) is 23.2 Å². The summed E-state index contributed by atoms with van der Waals surface area (Å²) in [5.74, 6) is 0.0726. The molecule has 3 rings (SSSR count). The van der Waals surface area contributed by atoms with Crippen LogP contribution in [0.5, 0.6) is 5.75 Å². The predicted molar refractivity (Wildman–Crippen MR) is 111 cm³/mol. The summed E-state index contributed by atoms with van der Waals surface area (Å²) in [6.07, 6.45) is 0. The van der Waals surface area contributed by atoms with Gasteiger partial charge in [-0.2, -0.15) is 4.31 Å². The van der Waals surface area contributed by atoms with E-state index in [0.29, 0.717) is 29.7 Å². The van der Waals surface area contributed by atoms with Crippen molar-refractivity contribution in [2.45, 2.75) is 11.8 Å². The Bertz CT molecular complexity index is 1010. The van der Waals surface area contributed by atoms with Crippen LogP contribution in [0.2, 0.25) is 10.0 Å². The zero-order valence-corrected chi connectivity index (χ0v) is 18.0. The third kappa shape index (κ3) is 5.40. The number of amides is 1. The Hall–Kier alpha value is -1.84. The van der Waals surface area contributed by atoms with Crippen molar-refractivity contribution in [3.05, 3.63) is 52.0 Å². The lowest BCUT2D eigenvalue weighted by molar-refractivity contribution is -0.118. The van der Waals surface area contributed by atoms with E-state index in [9.17, 15) is 13.2 Å². The summed E-state index contributed by atoms with van der Waals surface area (Å²) in [7, 11) is -3.79. The van der Waals surface area contributed by atoms with Gasteiger partial charge in [0.1, 0.15) is 10.6 Å². The molecule has 10 heteroatoms. The summed E-state index contributed by atoms with van der Waals surface area (Å²) in [6.45, 7) is 2.76. The average Bonchev–Trinajstić information content (AvgIpc) is 2.71. The van der Waals surface area contributed by atoms with Gasteiger partial charge in [0.25, 0.3) is 5.91 Å². The Labute approximate surface area is 179 Å². The smallest absolute Gasteiger partial charge is 0.262 e. The fourth-order valence-corrected chi connectivity index (χ4v) is 4.78. The molecule has 0 unspecified atom stereocenters. The van der Waals surface area contributed by atoms with Gasteiger partial charge in [0, 0.05) is 23.8 Å². The third-order valence-corrected chi connectivity index (χ3v) is 7.11. The maximum absolute atomic E-state index is 12.9. The second kappa shape index (κ2) is 9.32. The van der Waals surface area contributed by atoms with Crippen LogP contribution >= 0.6 is 23.2 Å². The molecule has 0 aliphatic carbocycles. The Balaban J connectivity index is 1.68. The molecule has 0 spiro atoms. The molecule has 0 bridgehead atoms. The van der Waals surface area contributed by atoms with Crippen LogP contribution in [0.1, 0.15) is 5.56 Å². The van der Waals surface area contributed by atoms with Gasteiger partial charge < -0.3 is 14.8 Å².